The summed E-state index contributed by atoms with van der Waals surface area (Å²) in [7, 11) is 0. The van der Waals surface area contributed by atoms with Crippen molar-refractivity contribution in [1.82, 2.24) is 5.32 Å². The number of guanidine groups is 1. The lowest BCUT2D eigenvalue weighted by Crippen LogP contribution is -2.39. The van der Waals surface area contributed by atoms with E-state index in [4.69, 9.17) is 5.73 Å². The molecule has 2 saturated carbocycles. The van der Waals surface area contributed by atoms with Crippen LogP contribution in [0.1, 0.15) is 51.9 Å². The van der Waals surface area contributed by atoms with Crippen LogP contribution in [0, 0.1) is 5.92 Å². The summed E-state index contributed by atoms with van der Waals surface area (Å²) >= 11 is 0. The van der Waals surface area contributed by atoms with Crippen LogP contribution in [0.3, 0.4) is 0 Å². The van der Waals surface area contributed by atoms with Crippen molar-refractivity contribution in [3.8, 4) is 0 Å². The molecular weight excluding hydrogens is 186 g/mol. The molecule has 0 spiro atoms. The number of nitrogens with one attached hydrogen (secondary N) is 1. The summed E-state index contributed by atoms with van der Waals surface area (Å²) in [5.41, 5.74) is 5.89. The fraction of sp³-hybridized carbons (Fsp3) is 0.917. The largest absolute Gasteiger partial charge is 0.370 e. The number of hydrogen-bond acceptors (Lipinski definition) is 1. The minimum Gasteiger partial charge on any atom is -0.370 e. The summed E-state index contributed by atoms with van der Waals surface area (Å²) in [5, 5.41) is 3.31. The van der Waals surface area contributed by atoms with Gasteiger partial charge in [0.05, 0.1) is 6.04 Å². The maximum absolute atomic E-state index is 5.89. The van der Waals surface area contributed by atoms with Crippen molar-refractivity contribution >= 4 is 5.96 Å². The van der Waals surface area contributed by atoms with E-state index >= 15 is 0 Å². The van der Waals surface area contributed by atoms with E-state index in [1.165, 1.54) is 44.9 Å². The van der Waals surface area contributed by atoms with E-state index < -0.39 is 0 Å². The monoisotopic (exact) mass is 209 g/mol. The van der Waals surface area contributed by atoms with Crippen LogP contribution in [0.15, 0.2) is 4.99 Å². The molecular formula is C12H23N3. The zero-order chi connectivity index (χ0) is 10.7. The molecule has 15 heavy (non-hydrogen) atoms. The number of rotatable bonds is 4. The summed E-state index contributed by atoms with van der Waals surface area (Å²) in [4.78, 5) is 4.53. The number of nitrogens with two attached hydrogens (primary N) is 1. The topological polar surface area (TPSA) is 50.4 Å². The molecule has 0 heterocycles. The Balaban J connectivity index is 1.71. The van der Waals surface area contributed by atoms with Gasteiger partial charge >= 0.3 is 0 Å². The summed E-state index contributed by atoms with van der Waals surface area (Å²) in [6.45, 7) is 2.20. The van der Waals surface area contributed by atoms with Gasteiger partial charge in [-0.05, 0) is 32.1 Å². The minimum absolute atomic E-state index is 0.489. The molecule has 0 aromatic heterocycles. The van der Waals surface area contributed by atoms with Gasteiger partial charge in [0.15, 0.2) is 5.96 Å². The molecule has 2 aliphatic rings. The molecule has 1 atom stereocenters. The summed E-state index contributed by atoms with van der Waals surface area (Å²) in [6.07, 6.45) is 9.15. The van der Waals surface area contributed by atoms with Crippen molar-refractivity contribution in [3.63, 3.8) is 0 Å². The predicted octanol–water partition coefficient (Wildman–Crippen LogP) is 2.02. The molecule has 3 N–H and O–H groups in total. The highest BCUT2D eigenvalue weighted by Gasteiger charge is 2.23. The molecule has 0 amide bonds. The van der Waals surface area contributed by atoms with E-state index in [2.05, 4.69) is 17.2 Å². The first-order valence-electron chi connectivity index (χ1n) is 6.34. The molecule has 86 valence electrons. The van der Waals surface area contributed by atoms with E-state index in [9.17, 15) is 0 Å². The molecule has 0 saturated heterocycles. The average molecular weight is 209 g/mol. The van der Waals surface area contributed by atoms with Crippen LogP contribution in [0.25, 0.3) is 0 Å². The molecule has 0 bridgehead atoms. The third-order valence-electron chi connectivity index (χ3n) is 3.42. The van der Waals surface area contributed by atoms with Crippen molar-refractivity contribution in [3.05, 3.63) is 0 Å². The molecule has 0 aromatic carbocycles. The lowest BCUT2D eigenvalue weighted by molar-refractivity contribution is 0.557. The van der Waals surface area contributed by atoms with Crippen molar-refractivity contribution in [2.24, 2.45) is 16.6 Å². The van der Waals surface area contributed by atoms with Gasteiger partial charge < -0.3 is 11.1 Å². The van der Waals surface area contributed by atoms with Gasteiger partial charge in [0, 0.05) is 6.04 Å². The molecule has 1 unspecified atom stereocenters. The molecule has 3 heteroatoms. The van der Waals surface area contributed by atoms with Gasteiger partial charge in [-0.2, -0.15) is 0 Å². The average Bonchev–Trinajstić information content (AvgIpc) is 2.80. The Morgan fingerprint density at radius 3 is 2.60 bits per heavy atom. The molecule has 0 aromatic rings. The van der Waals surface area contributed by atoms with Gasteiger partial charge in [0.25, 0.3) is 0 Å². The normalized spacial score (nSPS) is 25.5. The number of hydrogen-bond donors (Lipinski definition) is 2. The van der Waals surface area contributed by atoms with Gasteiger partial charge in [-0.1, -0.05) is 25.7 Å². The standard InChI is InChI=1S/C12H23N3/c1-9(8-10-6-7-10)14-12(13)15-11-4-2-3-5-11/h9-11H,2-8H2,1H3,(H3,13,14,15). The van der Waals surface area contributed by atoms with Crippen molar-refractivity contribution in [1.29, 1.82) is 0 Å². The second-order valence-corrected chi connectivity index (χ2v) is 5.18. The molecule has 2 aliphatic carbocycles. The van der Waals surface area contributed by atoms with Gasteiger partial charge in [-0.25, -0.2) is 0 Å². The van der Waals surface area contributed by atoms with Gasteiger partial charge in [0.2, 0.25) is 0 Å². The highest BCUT2D eigenvalue weighted by Crippen LogP contribution is 2.33. The van der Waals surface area contributed by atoms with Crippen LogP contribution in [-0.4, -0.2) is 18.0 Å². The zero-order valence-corrected chi connectivity index (χ0v) is 9.71. The van der Waals surface area contributed by atoms with Crippen LogP contribution in [-0.2, 0) is 0 Å². The van der Waals surface area contributed by atoms with Gasteiger partial charge in [0.1, 0.15) is 0 Å². The van der Waals surface area contributed by atoms with E-state index in [1.54, 1.807) is 0 Å². The van der Waals surface area contributed by atoms with E-state index in [1.807, 2.05) is 0 Å². The first-order chi connectivity index (χ1) is 7.24. The first-order valence-corrected chi connectivity index (χ1v) is 6.34. The molecule has 3 nitrogen and oxygen atoms in total. The van der Waals surface area contributed by atoms with Crippen LogP contribution >= 0.6 is 0 Å². The summed E-state index contributed by atoms with van der Waals surface area (Å²) in [5.74, 6) is 1.61. The second kappa shape index (κ2) is 4.86. The SMILES string of the molecule is CC(CC1CC1)NC(N)=NC1CCCC1. The third kappa shape index (κ3) is 3.73. The van der Waals surface area contributed by atoms with Gasteiger partial charge in [-0.3, -0.25) is 4.99 Å². The summed E-state index contributed by atoms with van der Waals surface area (Å²) in [6, 6.07) is 0.980. The Morgan fingerprint density at radius 2 is 2.00 bits per heavy atom. The Kier molecular flexibility index (Phi) is 3.49. The Labute approximate surface area is 92.5 Å². The van der Waals surface area contributed by atoms with Gasteiger partial charge in [-0.15, -0.1) is 0 Å². The number of nitrogens with zero attached hydrogens (tertiary/aromatic N) is 1. The molecule has 2 rings (SSSR count). The van der Waals surface area contributed by atoms with E-state index in [0.29, 0.717) is 18.0 Å². The Morgan fingerprint density at radius 1 is 1.33 bits per heavy atom. The maximum Gasteiger partial charge on any atom is 0.189 e. The van der Waals surface area contributed by atoms with Crippen LogP contribution in [0.4, 0.5) is 0 Å². The summed E-state index contributed by atoms with van der Waals surface area (Å²) < 4.78 is 0. The lowest BCUT2D eigenvalue weighted by Gasteiger charge is -2.15. The Hall–Kier alpha value is -0.730. The highest BCUT2D eigenvalue weighted by molar-refractivity contribution is 5.78. The van der Waals surface area contributed by atoms with E-state index in [0.717, 1.165) is 5.92 Å². The smallest absolute Gasteiger partial charge is 0.189 e. The molecule has 2 fully saturated rings. The zero-order valence-electron chi connectivity index (χ0n) is 9.71. The minimum atomic E-state index is 0.489. The maximum atomic E-state index is 5.89. The van der Waals surface area contributed by atoms with E-state index in [-0.39, 0.29) is 0 Å². The number of aliphatic imine (C=N–C) groups is 1. The van der Waals surface area contributed by atoms with Crippen LogP contribution in [0.5, 0.6) is 0 Å². The third-order valence-corrected chi connectivity index (χ3v) is 3.42. The molecule has 0 radical (unpaired) electrons. The van der Waals surface area contributed by atoms with Crippen LogP contribution < -0.4 is 11.1 Å². The predicted molar refractivity (Wildman–Crippen MR) is 63.8 cm³/mol. The van der Waals surface area contributed by atoms with Crippen molar-refractivity contribution < 1.29 is 0 Å². The lowest BCUT2D eigenvalue weighted by atomic mass is 10.2. The fourth-order valence-corrected chi connectivity index (χ4v) is 2.43. The Bertz CT molecular complexity index is 227. The highest BCUT2D eigenvalue weighted by atomic mass is 15.1. The van der Waals surface area contributed by atoms with Crippen molar-refractivity contribution in [2.75, 3.05) is 0 Å². The quantitative estimate of drug-likeness (QED) is 0.550. The first kappa shape index (κ1) is 10.8. The molecule has 0 aliphatic heterocycles. The fourth-order valence-electron chi connectivity index (χ4n) is 2.43. The second-order valence-electron chi connectivity index (χ2n) is 5.18. The van der Waals surface area contributed by atoms with Crippen molar-refractivity contribution in [2.45, 2.75) is 64.0 Å². The van der Waals surface area contributed by atoms with Crippen LogP contribution in [0.2, 0.25) is 0 Å².